The van der Waals surface area contributed by atoms with Crippen molar-refractivity contribution in [3.63, 3.8) is 0 Å². The van der Waals surface area contributed by atoms with E-state index in [0.717, 1.165) is 38.3 Å². The lowest BCUT2D eigenvalue weighted by molar-refractivity contribution is 0.627. The van der Waals surface area contributed by atoms with Crippen LogP contribution in [-0.4, -0.2) is 13.1 Å². The molecule has 0 aromatic heterocycles. The SMILES string of the molecule is CCNCc1ccccc1CN1CCc2ccc(F)cc21. The maximum atomic E-state index is 13.5. The van der Waals surface area contributed by atoms with Gasteiger partial charge in [-0.1, -0.05) is 37.3 Å². The minimum atomic E-state index is -0.151. The fourth-order valence-corrected chi connectivity index (χ4v) is 2.93. The van der Waals surface area contributed by atoms with Gasteiger partial charge in [0.15, 0.2) is 0 Å². The first-order valence-electron chi connectivity index (χ1n) is 7.59. The van der Waals surface area contributed by atoms with Crippen molar-refractivity contribution >= 4 is 5.69 Å². The predicted octanol–water partition coefficient (Wildman–Crippen LogP) is 3.50. The zero-order chi connectivity index (χ0) is 14.7. The molecule has 0 aliphatic carbocycles. The van der Waals surface area contributed by atoms with Crippen LogP contribution in [0.2, 0.25) is 0 Å². The molecule has 110 valence electrons. The number of fused-ring (bicyclic) bond motifs is 1. The first kappa shape index (κ1) is 14.1. The molecule has 0 fully saturated rings. The molecule has 0 saturated heterocycles. The van der Waals surface area contributed by atoms with Gasteiger partial charge in [-0.25, -0.2) is 4.39 Å². The summed E-state index contributed by atoms with van der Waals surface area (Å²) in [5.74, 6) is -0.151. The molecule has 0 spiro atoms. The number of rotatable bonds is 5. The van der Waals surface area contributed by atoms with Gasteiger partial charge in [0.2, 0.25) is 0 Å². The molecule has 0 unspecified atom stereocenters. The molecular weight excluding hydrogens is 263 g/mol. The lowest BCUT2D eigenvalue weighted by Crippen LogP contribution is -2.22. The molecule has 0 bridgehead atoms. The van der Waals surface area contributed by atoms with E-state index in [1.54, 1.807) is 12.1 Å². The van der Waals surface area contributed by atoms with Crippen molar-refractivity contribution in [2.24, 2.45) is 0 Å². The number of halogens is 1. The Hall–Kier alpha value is -1.87. The van der Waals surface area contributed by atoms with Crippen LogP contribution < -0.4 is 10.2 Å². The molecule has 2 nitrogen and oxygen atoms in total. The zero-order valence-corrected chi connectivity index (χ0v) is 12.4. The van der Waals surface area contributed by atoms with Crippen LogP contribution in [0.5, 0.6) is 0 Å². The first-order chi connectivity index (χ1) is 10.3. The van der Waals surface area contributed by atoms with Crippen LogP contribution in [0.1, 0.15) is 23.6 Å². The van der Waals surface area contributed by atoms with Crippen molar-refractivity contribution in [3.05, 3.63) is 65.0 Å². The van der Waals surface area contributed by atoms with Gasteiger partial charge in [-0.15, -0.1) is 0 Å². The molecule has 3 rings (SSSR count). The Balaban J connectivity index is 1.81. The average molecular weight is 284 g/mol. The van der Waals surface area contributed by atoms with Gasteiger partial charge in [0.05, 0.1) is 0 Å². The van der Waals surface area contributed by atoms with E-state index in [4.69, 9.17) is 0 Å². The molecule has 0 atom stereocenters. The van der Waals surface area contributed by atoms with Crippen LogP contribution in [0.15, 0.2) is 42.5 Å². The Labute approximate surface area is 125 Å². The van der Waals surface area contributed by atoms with Crippen LogP contribution in [0.4, 0.5) is 10.1 Å². The number of nitrogens with one attached hydrogen (secondary N) is 1. The van der Waals surface area contributed by atoms with Gasteiger partial charge >= 0.3 is 0 Å². The Morgan fingerprint density at radius 2 is 1.95 bits per heavy atom. The largest absolute Gasteiger partial charge is 0.367 e. The fraction of sp³-hybridized carbons (Fsp3) is 0.333. The van der Waals surface area contributed by atoms with Gasteiger partial charge in [0, 0.05) is 25.3 Å². The highest BCUT2D eigenvalue weighted by molar-refractivity contribution is 5.58. The number of benzene rings is 2. The van der Waals surface area contributed by atoms with Crippen LogP contribution in [0.25, 0.3) is 0 Å². The predicted molar refractivity (Wildman–Crippen MR) is 85.0 cm³/mol. The molecule has 0 amide bonds. The van der Waals surface area contributed by atoms with Crippen LogP contribution in [0.3, 0.4) is 0 Å². The van der Waals surface area contributed by atoms with E-state index in [2.05, 4.69) is 41.4 Å². The van der Waals surface area contributed by atoms with Crippen LogP contribution >= 0.6 is 0 Å². The molecule has 1 heterocycles. The van der Waals surface area contributed by atoms with Gasteiger partial charge in [-0.3, -0.25) is 0 Å². The summed E-state index contributed by atoms with van der Waals surface area (Å²) in [4.78, 5) is 2.28. The van der Waals surface area contributed by atoms with E-state index in [1.165, 1.54) is 16.7 Å². The first-order valence-corrected chi connectivity index (χ1v) is 7.59. The van der Waals surface area contributed by atoms with E-state index in [1.807, 2.05) is 6.07 Å². The summed E-state index contributed by atoms with van der Waals surface area (Å²) >= 11 is 0. The van der Waals surface area contributed by atoms with Crippen LogP contribution in [0, 0.1) is 5.82 Å². The molecule has 0 saturated carbocycles. The summed E-state index contributed by atoms with van der Waals surface area (Å²) in [6.45, 7) is 5.77. The van der Waals surface area contributed by atoms with Gasteiger partial charge in [0.25, 0.3) is 0 Å². The smallest absolute Gasteiger partial charge is 0.125 e. The average Bonchev–Trinajstić information content (AvgIpc) is 2.89. The number of nitrogens with zero attached hydrogens (tertiary/aromatic N) is 1. The van der Waals surface area contributed by atoms with Crippen molar-refractivity contribution < 1.29 is 4.39 Å². The van der Waals surface area contributed by atoms with Gasteiger partial charge in [-0.05, 0) is 41.8 Å². The molecule has 1 aliphatic heterocycles. The Morgan fingerprint density at radius 3 is 2.76 bits per heavy atom. The summed E-state index contributed by atoms with van der Waals surface area (Å²) in [5, 5.41) is 3.38. The second-order valence-corrected chi connectivity index (χ2v) is 5.49. The monoisotopic (exact) mass is 284 g/mol. The van der Waals surface area contributed by atoms with E-state index in [9.17, 15) is 4.39 Å². The molecule has 1 N–H and O–H groups in total. The van der Waals surface area contributed by atoms with E-state index in [0.29, 0.717) is 0 Å². The van der Waals surface area contributed by atoms with Gasteiger partial charge < -0.3 is 10.2 Å². The van der Waals surface area contributed by atoms with Crippen molar-refractivity contribution in [1.29, 1.82) is 0 Å². The summed E-state index contributed by atoms with van der Waals surface area (Å²) in [7, 11) is 0. The maximum Gasteiger partial charge on any atom is 0.125 e. The Morgan fingerprint density at radius 1 is 1.14 bits per heavy atom. The maximum absolute atomic E-state index is 13.5. The lowest BCUT2D eigenvalue weighted by Gasteiger charge is -2.21. The zero-order valence-electron chi connectivity index (χ0n) is 12.4. The highest BCUT2D eigenvalue weighted by Crippen LogP contribution is 2.30. The number of hydrogen-bond acceptors (Lipinski definition) is 2. The molecule has 21 heavy (non-hydrogen) atoms. The fourth-order valence-electron chi connectivity index (χ4n) is 2.93. The van der Waals surface area contributed by atoms with E-state index < -0.39 is 0 Å². The standard InChI is InChI=1S/C18H21FN2/c1-2-20-12-15-5-3-4-6-16(15)13-21-10-9-14-7-8-17(19)11-18(14)21/h3-8,11,20H,2,9-10,12-13H2,1H3. The summed E-state index contributed by atoms with van der Waals surface area (Å²) < 4.78 is 13.5. The third-order valence-corrected chi connectivity index (χ3v) is 4.08. The molecule has 1 aliphatic rings. The van der Waals surface area contributed by atoms with Crippen molar-refractivity contribution in [2.75, 3.05) is 18.0 Å². The van der Waals surface area contributed by atoms with Gasteiger partial charge in [-0.2, -0.15) is 0 Å². The summed E-state index contributed by atoms with van der Waals surface area (Å²) in [5.41, 5.74) is 4.94. The Kier molecular flexibility index (Phi) is 4.20. The Bertz CT molecular complexity index is 624. The normalized spacial score (nSPS) is 13.5. The minimum absolute atomic E-state index is 0.151. The van der Waals surface area contributed by atoms with E-state index in [-0.39, 0.29) is 5.82 Å². The molecular formula is C18H21FN2. The van der Waals surface area contributed by atoms with Crippen molar-refractivity contribution in [1.82, 2.24) is 5.32 Å². The third kappa shape index (κ3) is 3.08. The quantitative estimate of drug-likeness (QED) is 0.904. The molecule has 3 heteroatoms. The number of hydrogen-bond donors (Lipinski definition) is 1. The summed E-state index contributed by atoms with van der Waals surface area (Å²) in [6.07, 6.45) is 1.00. The van der Waals surface area contributed by atoms with Crippen molar-refractivity contribution in [2.45, 2.75) is 26.4 Å². The minimum Gasteiger partial charge on any atom is -0.367 e. The number of anilines is 1. The molecule has 2 aromatic carbocycles. The highest BCUT2D eigenvalue weighted by atomic mass is 19.1. The van der Waals surface area contributed by atoms with Crippen molar-refractivity contribution in [3.8, 4) is 0 Å². The lowest BCUT2D eigenvalue weighted by atomic mass is 10.1. The van der Waals surface area contributed by atoms with E-state index >= 15 is 0 Å². The third-order valence-electron chi connectivity index (χ3n) is 4.08. The molecule has 2 aromatic rings. The van der Waals surface area contributed by atoms with Gasteiger partial charge in [0.1, 0.15) is 5.82 Å². The topological polar surface area (TPSA) is 15.3 Å². The second-order valence-electron chi connectivity index (χ2n) is 5.49. The molecule has 0 radical (unpaired) electrons. The highest BCUT2D eigenvalue weighted by Gasteiger charge is 2.20. The summed E-state index contributed by atoms with van der Waals surface area (Å²) in [6, 6.07) is 13.6. The van der Waals surface area contributed by atoms with Crippen LogP contribution in [-0.2, 0) is 19.5 Å². The second kappa shape index (κ2) is 6.27.